The van der Waals surface area contributed by atoms with Gasteiger partial charge in [0.1, 0.15) is 0 Å². The van der Waals surface area contributed by atoms with E-state index in [-0.39, 0.29) is 12.6 Å². The molecule has 0 bridgehead atoms. The van der Waals surface area contributed by atoms with Gasteiger partial charge < -0.3 is 15.3 Å². The largest absolute Gasteiger partial charge is 0.394 e. The zero-order valence-corrected chi connectivity index (χ0v) is 12.2. The Bertz CT molecular complexity index is 564. The average molecular weight is 280 g/mol. The highest BCUT2D eigenvalue weighted by molar-refractivity contribution is 7.15. The van der Waals surface area contributed by atoms with Crippen molar-refractivity contribution >= 4 is 22.1 Å². The van der Waals surface area contributed by atoms with E-state index in [1.165, 1.54) is 5.69 Å². The highest BCUT2D eigenvalue weighted by Crippen LogP contribution is 2.32. The molecule has 2 N–H and O–H groups in total. The van der Waals surface area contributed by atoms with Crippen LogP contribution >= 0.6 is 11.3 Å². The van der Waals surface area contributed by atoms with Crippen LogP contribution in [0.3, 0.4) is 0 Å². The van der Waals surface area contributed by atoms with Crippen LogP contribution in [-0.2, 0) is 6.54 Å². The summed E-state index contributed by atoms with van der Waals surface area (Å²) >= 11 is 1.65. The number of anilines is 1. The summed E-state index contributed by atoms with van der Waals surface area (Å²) in [6, 6.07) is 0.195. The molecule has 104 valence electrons. The van der Waals surface area contributed by atoms with Gasteiger partial charge in [-0.2, -0.15) is 0 Å². The molecular formula is C13H20N4OS. The number of nitrogens with one attached hydrogen (secondary N) is 1. The number of imidazole rings is 1. The molecule has 2 aromatic heterocycles. The van der Waals surface area contributed by atoms with Gasteiger partial charge in [0.15, 0.2) is 10.8 Å². The highest BCUT2D eigenvalue weighted by atomic mass is 32.1. The van der Waals surface area contributed by atoms with Crippen LogP contribution in [0, 0.1) is 5.92 Å². The molecule has 1 saturated heterocycles. The van der Waals surface area contributed by atoms with Gasteiger partial charge in [-0.05, 0) is 19.4 Å². The minimum absolute atomic E-state index is 0.195. The average Bonchev–Trinajstić information content (AvgIpc) is 3.05. The summed E-state index contributed by atoms with van der Waals surface area (Å²) in [7, 11) is 1.95. The first-order chi connectivity index (χ1) is 9.26. The number of thiazole rings is 1. The first kappa shape index (κ1) is 12.9. The summed E-state index contributed by atoms with van der Waals surface area (Å²) in [5, 5.41) is 14.9. The summed E-state index contributed by atoms with van der Waals surface area (Å²) in [4.78, 5) is 8.06. The van der Waals surface area contributed by atoms with Crippen LogP contribution in [-0.4, -0.2) is 40.7 Å². The smallest absolute Gasteiger partial charge is 0.195 e. The summed E-state index contributed by atoms with van der Waals surface area (Å²) in [5.74, 6) is 1.55. The summed E-state index contributed by atoms with van der Waals surface area (Å²) in [5.41, 5.74) is 1.19. The molecule has 0 spiro atoms. The molecule has 6 heteroatoms. The number of aromatic nitrogens is 2. The number of aliphatic hydroxyl groups is 1. The quantitative estimate of drug-likeness (QED) is 0.887. The second kappa shape index (κ2) is 5.11. The van der Waals surface area contributed by atoms with Gasteiger partial charge >= 0.3 is 0 Å². The van der Waals surface area contributed by atoms with Gasteiger partial charge in [0.05, 0.1) is 18.3 Å². The molecular weight excluding hydrogens is 260 g/mol. The zero-order chi connectivity index (χ0) is 13.4. The lowest BCUT2D eigenvalue weighted by Crippen LogP contribution is -2.36. The zero-order valence-electron chi connectivity index (χ0n) is 11.3. The van der Waals surface area contributed by atoms with Crippen molar-refractivity contribution in [2.45, 2.75) is 25.9 Å². The van der Waals surface area contributed by atoms with Crippen LogP contribution in [0.2, 0.25) is 0 Å². The van der Waals surface area contributed by atoms with E-state index < -0.39 is 0 Å². The van der Waals surface area contributed by atoms with Gasteiger partial charge in [0, 0.05) is 24.7 Å². The van der Waals surface area contributed by atoms with E-state index in [4.69, 9.17) is 4.98 Å². The van der Waals surface area contributed by atoms with Crippen molar-refractivity contribution in [3.63, 3.8) is 0 Å². The van der Waals surface area contributed by atoms with Crippen molar-refractivity contribution in [1.82, 2.24) is 14.7 Å². The SMILES string of the molecule is CNCc1c(N2CCC(C)C2CO)nc2sccn12. The fourth-order valence-corrected chi connectivity index (χ4v) is 3.66. The van der Waals surface area contributed by atoms with E-state index >= 15 is 0 Å². The topological polar surface area (TPSA) is 52.8 Å². The Balaban J connectivity index is 2.03. The Morgan fingerprint density at radius 1 is 1.58 bits per heavy atom. The summed E-state index contributed by atoms with van der Waals surface area (Å²) in [6.07, 6.45) is 3.19. The van der Waals surface area contributed by atoms with Gasteiger partial charge in [-0.1, -0.05) is 6.92 Å². The molecule has 1 fully saturated rings. The maximum Gasteiger partial charge on any atom is 0.195 e. The molecule has 0 aliphatic carbocycles. The molecule has 2 atom stereocenters. The molecule has 19 heavy (non-hydrogen) atoms. The van der Waals surface area contributed by atoms with E-state index in [1.807, 2.05) is 7.05 Å². The van der Waals surface area contributed by atoms with Crippen LogP contribution in [0.4, 0.5) is 5.82 Å². The van der Waals surface area contributed by atoms with E-state index in [9.17, 15) is 5.11 Å². The lowest BCUT2D eigenvalue weighted by molar-refractivity contribution is 0.244. The van der Waals surface area contributed by atoms with E-state index in [2.05, 4.69) is 33.1 Å². The highest BCUT2D eigenvalue weighted by Gasteiger charge is 2.33. The molecule has 1 aliphatic heterocycles. The predicted octanol–water partition coefficient (Wildman–Crippen LogP) is 1.32. The Morgan fingerprint density at radius 2 is 2.42 bits per heavy atom. The Morgan fingerprint density at radius 3 is 3.16 bits per heavy atom. The predicted molar refractivity (Wildman–Crippen MR) is 77.8 cm³/mol. The van der Waals surface area contributed by atoms with Crippen molar-refractivity contribution in [3.05, 3.63) is 17.3 Å². The number of nitrogens with zero attached hydrogens (tertiary/aromatic N) is 3. The van der Waals surface area contributed by atoms with E-state index in [0.717, 1.165) is 30.3 Å². The summed E-state index contributed by atoms with van der Waals surface area (Å²) < 4.78 is 2.15. The number of hydrogen-bond donors (Lipinski definition) is 2. The normalized spacial score (nSPS) is 23.6. The number of aliphatic hydroxyl groups excluding tert-OH is 1. The van der Waals surface area contributed by atoms with E-state index in [0.29, 0.717) is 5.92 Å². The first-order valence-electron chi connectivity index (χ1n) is 6.72. The van der Waals surface area contributed by atoms with Crippen molar-refractivity contribution in [3.8, 4) is 0 Å². The number of rotatable bonds is 4. The monoisotopic (exact) mass is 280 g/mol. The third kappa shape index (κ3) is 2.04. The van der Waals surface area contributed by atoms with Crippen LogP contribution in [0.5, 0.6) is 0 Å². The Labute approximate surface area is 116 Å². The van der Waals surface area contributed by atoms with Crippen molar-refractivity contribution in [2.75, 3.05) is 25.1 Å². The maximum absolute atomic E-state index is 9.63. The van der Waals surface area contributed by atoms with Gasteiger partial charge in [-0.15, -0.1) is 11.3 Å². The van der Waals surface area contributed by atoms with Crippen molar-refractivity contribution in [2.24, 2.45) is 5.92 Å². The number of fused-ring (bicyclic) bond motifs is 1. The lowest BCUT2D eigenvalue weighted by atomic mass is 10.0. The Hall–Kier alpha value is -1.11. The van der Waals surface area contributed by atoms with Crippen LogP contribution in [0.15, 0.2) is 11.6 Å². The molecule has 3 heterocycles. The molecule has 2 unspecified atom stereocenters. The van der Waals surface area contributed by atoms with Crippen molar-refractivity contribution in [1.29, 1.82) is 0 Å². The van der Waals surface area contributed by atoms with Crippen LogP contribution in [0.25, 0.3) is 4.96 Å². The third-order valence-electron chi connectivity index (χ3n) is 4.03. The fraction of sp³-hybridized carbons (Fsp3) is 0.615. The summed E-state index contributed by atoms with van der Waals surface area (Å²) in [6.45, 7) is 4.17. The van der Waals surface area contributed by atoms with Gasteiger partial charge in [0.2, 0.25) is 0 Å². The van der Waals surface area contributed by atoms with Crippen LogP contribution < -0.4 is 10.2 Å². The minimum Gasteiger partial charge on any atom is -0.394 e. The molecule has 0 aromatic carbocycles. The Kier molecular flexibility index (Phi) is 3.47. The lowest BCUT2D eigenvalue weighted by Gasteiger charge is -2.26. The molecule has 0 saturated carbocycles. The molecule has 0 radical (unpaired) electrons. The second-order valence-electron chi connectivity index (χ2n) is 5.18. The molecule has 1 aliphatic rings. The van der Waals surface area contributed by atoms with Crippen LogP contribution in [0.1, 0.15) is 19.0 Å². The van der Waals surface area contributed by atoms with Crippen molar-refractivity contribution < 1.29 is 5.11 Å². The first-order valence-corrected chi connectivity index (χ1v) is 7.60. The molecule has 2 aromatic rings. The fourth-order valence-electron chi connectivity index (χ4n) is 2.93. The maximum atomic E-state index is 9.63. The van der Waals surface area contributed by atoms with Gasteiger partial charge in [-0.25, -0.2) is 4.98 Å². The van der Waals surface area contributed by atoms with E-state index in [1.54, 1.807) is 11.3 Å². The minimum atomic E-state index is 0.195. The third-order valence-corrected chi connectivity index (χ3v) is 4.78. The standard InChI is InChI=1S/C13H20N4OS/c1-9-3-4-16(11(9)8-18)12-10(7-14-2)17-5-6-19-13(17)15-12/h5-6,9,11,14,18H,3-4,7-8H2,1-2H3. The second-order valence-corrected chi connectivity index (χ2v) is 6.05. The molecule has 0 amide bonds. The van der Waals surface area contributed by atoms with Gasteiger partial charge in [0.25, 0.3) is 0 Å². The number of hydrogen-bond acceptors (Lipinski definition) is 5. The molecule has 3 rings (SSSR count). The molecule has 5 nitrogen and oxygen atoms in total. The van der Waals surface area contributed by atoms with Gasteiger partial charge in [-0.3, -0.25) is 4.40 Å².